The molecule has 2 N–H and O–H groups in total. The third-order valence-corrected chi connectivity index (χ3v) is 3.58. The molecule has 5 heteroatoms. The van der Waals surface area contributed by atoms with E-state index in [1.54, 1.807) is 6.07 Å². The van der Waals surface area contributed by atoms with Gasteiger partial charge in [0.05, 0.1) is 16.0 Å². The molecular formula is C11H10BrFO3. The maximum atomic E-state index is 13.7. The van der Waals surface area contributed by atoms with Crippen LogP contribution in [0.1, 0.15) is 18.4 Å². The summed E-state index contributed by atoms with van der Waals surface area (Å²) in [6, 6.07) is 4.64. The van der Waals surface area contributed by atoms with Crippen LogP contribution in [0.3, 0.4) is 0 Å². The third-order valence-electron chi connectivity index (χ3n) is 2.97. The van der Waals surface area contributed by atoms with Crippen molar-refractivity contribution in [2.45, 2.75) is 18.4 Å². The van der Waals surface area contributed by atoms with Gasteiger partial charge >= 0.3 is 5.97 Å². The first kappa shape index (κ1) is 11.5. The van der Waals surface area contributed by atoms with Crippen molar-refractivity contribution in [1.29, 1.82) is 0 Å². The molecule has 0 amide bonds. The van der Waals surface area contributed by atoms with Crippen molar-refractivity contribution in [1.82, 2.24) is 0 Å². The van der Waals surface area contributed by atoms with Crippen molar-refractivity contribution in [2.75, 3.05) is 0 Å². The van der Waals surface area contributed by atoms with Gasteiger partial charge in [0.1, 0.15) is 5.82 Å². The van der Waals surface area contributed by atoms with Crippen molar-refractivity contribution in [3.63, 3.8) is 0 Å². The van der Waals surface area contributed by atoms with Crippen LogP contribution in [0.4, 0.5) is 4.39 Å². The van der Waals surface area contributed by atoms with Crippen LogP contribution in [-0.2, 0) is 10.4 Å². The van der Waals surface area contributed by atoms with E-state index in [0.717, 1.165) is 0 Å². The highest BCUT2D eigenvalue weighted by molar-refractivity contribution is 9.10. The number of hydrogen-bond acceptors (Lipinski definition) is 2. The van der Waals surface area contributed by atoms with Gasteiger partial charge in [0.25, 0.3) is 0 Å². The van der Waals surface area contributed by atoms with E-state index in [1.807, 2.05) is 0 Å². The Morgan fingerprint density at radius 1 is 1.50 bits per heavy atom. The lowest BCUT2D eigenvalue weighted by molar-refractivity contribution is -0.159. The van der Waals surface area contributed by atoms with E-state index in [0.29, 0.717) is 0 Å². The van der Waals surface area contributed by atoms with E-state index in [1.165, 1.54) is 12.1 Å². The fourth-order valence-corrected chi connectivity index (χ4v) is 2.38. The van der Waals surface area contributed by atoms with E-state index in [-0.39, 0.29) is 22.9 Å². The second kappa shape index (κ2) is 3.82. The number of rotatable bonds is 2. The fraction of sp³-hybridized carbons (Fsp3) is 0.364. The lowest BCUT2D eigenvalue weighted by Crippen LogP contribution is -2.45. The molecule has 1 aliphatic rings. The summed E-state index contributed by atoms with van der Waals surface area (Å²) < 4.78 is 14.0. The highest BCUT2D eigenvalue weighted by atomic mass is 79.9. The molecule has 0 saturated heterocycles. The Bertz CT molecular complexity index is 441. The van der Waals surface area contributed by atoms with E-state index in [2.05, 4.69) is 15.9 Å². The molecule has 0 aliphatic heterocycles. The highest BCUT2D eigenvalue weighted by Gasteiger charge is 2.48. The van der Waals surface area contributed by atoms with Crippen LogP contribution >= 0.6 is 15.9 Å². The van der Waals surface area contributed by atoms with Gasteiger partial charge in [0.15, 0.2) is 0 Å². The van der Waals surface area contributed by atoms with Gasteiger partial charge in [-0.25, -0.2) is 4.39 Å². The summed E-state index contributed by atoms with van der Waals surface area (Å²) in [5.74, 6) is -2.04. The number of carboxylic acid groups (broad SMARTS) is 1. The second-order valence-electron chi connectivity index (χ2n) is 4.08. The molecule has 3 nitrogen and oxygen atoms in total. The van der Waals surface area contributed by atoms with Gasteiger partial charge in [-0.1, -0.05) is 12.1 Å². The average molecular weight is 289 g/mol. The highest BCUT2D eigenvalue weighted by Crippen LogP contribution is 2.47. The molecule has 1 aliphatic carbocycles. The van der Waals surface area contributed by atoms with Crippen molar-refractivity contribution in [2.24, 2.45) is 5.92 Å². The Morgan fingerprint density at radius 2 is 2.12 bits per heavy atom. The number of aliphatic hydroxyl groups is 1. The number of aliphatic carboxylic acids is 1. The number of carboxylic acids is 1. The number of halogens is 2. The first-order chi connectivity index (χ1) is 7.44. The summed E-state index contributed by atoms with van der Waals surface area (Å²) in [6.07, 6.45) is 0.130. The molecule has 0 atom stereocenters. The monoisotopic (exact) mass is 288 g/mol. The lowest BCUT2D eigenvalue weighted by Gasteiger charge is -2.42. The quantitative estimate of drug-likeness (QED) is 0.878. The molecule has 0 heterocycles. The van der Waals surface area contributed by atoms with Crippen molar-refractivity contribution >= 4 is 21.9 Å². The molecule has 16 heavy (non-hydrogen) atoms. The Labute approximate surface area is 100 Å². The van der Waals surface area contributed by atoms with Gasteiger partial charge in [0, 0.05) is 5.56 Å². The number of benzene rings is 1. The van der Waals surface area contributed by atoms with E-state index in [4.69, 9.17) is 5.11 Å². The Balaban J connectivity index is 2.26. The molecule has 1 saturated carbocycles. The van der Waals surface area contributed by atoms with Gasteiger partial charge in [0.2, 0.25) is 0 Å². The molecule has 0 aromatic heterocycles. The number of carbonyl (C=O) groups is 1. The maximum Gasteiger partial charge on any atom is 0.306 e. The molecule has 86 valence electrons. The van der Waals surface area contributed by atoms with E-state index >= 15 is 0 Å². The van der Waals surface area contributed by atoms with Gasteiger partial charge < -0.3 is 10.2 Å². The summed E-state index contributed by atoms with van der Waals surface area (Å²) in [4.78, 5) is 10.6. The predicted octanol–water partition coefficient (Wildman–Crippen LogP) is 2.27. The molecule has 1 fully saturated rings. The van der Waals surface area contributed by atoms with Crippen molar-refractivity contribution < 1.29 is 19.4 Å². The number of hydrogen-bond donors (Lipinski definition) is 2. The lowest BCUT2D eigenvalue weighted by atomic mass is 9.67. The zero-order valence-electron chi connectivity index (χ0n) is 8.28. The summed E-state index contributed by atoms with van der Waals surface area (Å²) in [6.45, 7) is 0. The first-order valence-corrected chi connectivity index (χ1v) is 5.63. The standard InChI is InChI=1S/C11H10BrFO3/c12-8-3-1-2-7(9(8)13)11(16)4-6(5-11)10(14)15/h1-3,6,16H,4-5H2,(H,14,15). The summed E-state index contributed by atoms with van der Waals surface area (Å²) in [5.41, 5.74) is -1.17. The second-order valence-corrected chi connectivity index (χ2v) is 4.93. The average Bonchev–Trinajstić information content (AvgIpc) is 2.17. The van der Waals surface area contributed by atoms with Crippen LogP contribution in [0.25, 0.3) is 0 Å². The van der Waals surface area contributed by atoms with E-state index < -0.39 is 23.3 Å². The molecule has 0 unspecified atom stereocenters. The van der Waals surface area contributed by atoms with E-state index in [9.17, 15) is 14.3 Å². The van der Waals surface area contributed by atoms with Crippen molar-refractivity contribution in [3.05, 3.63) is 34.1 Å². The largest absolute Gasteiger partial charge is 0.481 e. The normalized spacial score (nSPS) is 28.6. The summed E-state index contributed by atoms with van der Waals surface area (Å²) in [7, 11) is 0. The Morgan fingerprint density at radius 3 is 2.69 bits per heavy atom. The minimum atomic E-state index is -1.34. The summed E-state index contributed by atoms with van der Waals surface area (Å²) >= 11 is 3.03. The Hall–Kier alpha value is -0.940. The predicted molar refractivity (Wildman–Crippen MR) is 58.4 cm³/mol. The van der Waals surface area contributed by atoms with Crippen LogP contribution in [0.2, 0.25) is 0 Å². The zero-order chi connectivity index (χ0) is 11.9. The smallest absolute Gasteiger partial charge is 0.306 e. The summed E-state index contributed by atoms with van der Waals surface area (Å²) in [5, 5.41) is 18.8. The third kappa shape index (κ3) is 1.74. The van der Waals surface area contributed by atoms with Gasteiger partial charge in [-0.05, 0) is 34.8 Å². The van der Waals surface area contributed by atoms with Crippen LogP contribution in [0.15, 0.2) is 22.7 Å². The maximum absolute atomic E-state index is 13.7. The van der Waals surface area contributed by atoms with Crippen LogP contribution in [0, 0.1) is 11.7 Å². The molecule has 0 spiro atoms. The zero-order valence-corrected chi connectivity index (χ0v) is 9.87. The molecule has 1 aromatic carbocycles. The first-order valence-electron chi connectivity index (χ1n) is 4.84. The van der Waals surface area contributed by atoms with Crippen molar-refractivity contribution in [3.8, 4) is 0 Å². The van der Waals surface area contributed by atoms with Gasteiger partial charge in [-0.15, -0.1) is 0 Å². The SMILES string of the molecule is O=C(O)C1CC(O)(c2cccc(Br)c2F)C1. The van der Waals surface area contributed by atoms with Crippen LogP contribution in [-0.4, -0.2) is 16.2 Å². The molecule has 0 bridgehead atoms. The minimum absolute atomic E-state index is 0.0652. The topological polar surface area (TPSA) is 57.5 Å². The Kier molecular flexibility index (Phi) is 2.75. The van der Waals surface area contributed by atoms with Gasteiger partial charge in [-0.3, -0.25) is 4.79 Å². The molecule has 1 aromatic rings. The molecule has 2 rings (SSSR count). The minimum Gasteiger partial charge on any atom is -0.481 e. The molecular weight excluding hydrogens is 279 g/mol. The fourth-order valence-electron chi connectivity index (χ4n) is 2.01. The molecule has 0 radical (unpaired) electrons. The van der Waals surface area contributed by atoms with Crippen LogP contribution in [0.5, 0.6) is 0 Å². The van der Waals surface area contributed by atoms with Gasteiger partial charge in [-0.2, -0.15) is 0 Å². The van der Waals surface area contributed by atoms with Crippen LogP contribution < -0.4 is 0 Å².